The second-order valence-electron chi connectivity index (χ2n) is 4.14. The number of pyridine rings is 2. The van der Waals surface area contributed by atoms with Gasteiger partial charge in [-0.05, 0) is 18.2 Å². The Balaban J connectivity index is 2.08. The van der Waals surface area contributed by atoms with E-state index in [9.17, 15) is 0 Å². The Kier molecular flexibility index (Phi) is 3.04. The molecule has 0 bridgehead atoms. The molecule has 0 unspecified atom stereocenters. The van der Waals surface area contributed by atoms with Crippen LogP contribution in [0.3, 0.4) is 0 Å². The molecule has 3 aromatic rings. The van der Waals surface area contributed by atoms with Gasteiger partial charge in [0.2, 0.25) is 5.88 Å². The van der Waals surface area contributed by atoms with E-state index in [1.807, 2.05) is 22.8 Å². The number of methoxy groups -OCH3 is 1. The Hall–Kier alpha value is -2.89. The molecule has 3 heterocycles. The summed E-state index contributed by atoms with van der Waals surface area (Å²) >= 11 is 0. The highest BCUT2D eigenvalue weighted by Crippen LogP contribution is 2.26. The minimum Gasteiger partial charge on any atom is -0.481 e. The van der Waals surface area contributed by atoms with E-state index in [1.165, 1.54) is 0 Å². The number of nitrogens with zero attached hydrogens (tertiary/aromatic N) is 4. The SMILES string of the molecule is COc1ccc(-n2cncc2-c2cccnc2N)cn1. The lowest BCUT2D eigenvalue weighted by Crippen LogP contribution is -2.00. The van der Waals surface area contributed by atoms with Crippen LogP contribution in [0.5, 0.6) is 5.88 Å². The van der Waals surface area contributed by atoms with Crippen molar-refractivity contribution < 1.29 is 4.74 Å². The van der Waals surface area contributed by atoms with Gasteiger partial charge in [0.1, 0.15) is 5.82 Å². The molecule has 0 amide bonds. The highest BCUT2D eigenvalue weighted by atomic mass is 16.5. The molecule has 0 spiro atoms. The van der Waals surface area contributed by atoms with Gasteiger partial charge in [0.25, 0.3) is 0 Å². The van der Waals surface area contributed by atoms with Crippen LogP contribution in [0.4, 0.5) is 5.82 Å². The maximum Gasteiger partial charge on any atom is 0.213 e. The zero-order chi connectivity index (χ0) is 13.9. The molecule has 3 aromatic heterocycles. The summed E-state index contributed by atoms with van der Waals surface area (Å²) in [4.78, 5) is 12.5. The number of rotatable bonds is 3. The summed E-state index contributed by atoms with van der Waals surface area (Å²) in [5, 5.41) is 0. The molecule has 0 fully saturated rings. The summed E-state index contributed by atoms with van der Waals surface area (Å²) in [6.07, 6.45) is 6.84. The lowest BCUT2D eigenvalue weighted by molar-refractivity contribution is 0.398. The minimum absolute atomic E-state index is 0.468. The van der Waals surface area contributed by atoms with Crippen LogP contribution < -0.4 is 10.5 Å². The van der Waals surface area contributed by atoms with Crippen LogP contribution in [-0.4, -0.2) is 26.6 Å². The van der Waals surface area contributed by atoms with Crippen LogP contribution >= 0.6 is 0 Å². The zero-order valence-electron chi connectivity index (χ0n) is 10.9. The molecule has 0 aliphatic rings. The van der Waals surface area contributed by atoms with Gasteiger partial charge < -0.3 is 10.5 Å². The normalized spacial score (nSPS) is 10.4. The van der Waals surface area contributed by atoms with Crippen LogP contribution in [0.1, 0.15) is 0 Å². The quantitative estimate of drug-likeness (QED) is 0.784. The topological polar surface area (TPSA) is 78.8 Å². The molecule has 0 aliphatic heterocycles. The largest absolute Gasteiger partial charge is 0.481 e. The molecule has 6 nitrogen and oxygen atoms in total. The Morgan fingerprint density at radius 3 is 2.75 bits per heavy atom. The molecular weight excluding hydrogens is 254 g/mol. The highest BCUT2D eigenvalue weighted by Gasteiger charge is 2.10. The molecule has 0 aromatic carbocycles. The molecule has 0 radical (unpaired) electrons. The molecular formula is C14H13N5O. The van der Waals surface area contributed by atoms with Gasteiger partial charge in [0, 0.05) is 17.8 Å². The smallest absolute Gasteiger partial charge is 0.213 e. The van der Waals surface area contributed by atoms with E-state index in [0.29, 0.717) is 11.7 Å². The standard InChI is InChI=1S/C14H13N5O/c1-20-13-5-4-10(7-18-13)19-9-16-8-12(19)11-3-2-6-17-14(11)15/h2-9H,1H3,(H2,15,17). The molecule has 0 aliphatic carbocycles. The first-order chi connectivity index (χ1) is 9.79. The van der Waals surface area contributed by atoms with Gasteiger partial charge in [-0.3, -0.25) is 4.57 Å². The minimum atomic E-state index is 0.468. The van der Waals surface area contributed by atoms with E-state index in [-0.39, 0.29) is 0 Å². The summed E-state index contributed by atoms with van der Waals surface area (Å²) in [6.45, 7) is 0. The van der Waals surface area contributed by atoms with Crippen molar-refractivity contribution in [3.05, 3.63) is 49.2 Å². The molecule has 100 valence electrons. The number of hydrogen-bond donors (Lipinski definition) is 1. The second kappa shape index (κ2) is 5.00. The number of nitrogens with two attached hydrogens (primary N) is 1. The van der Waals surface area contributed by atoms with Crippen LogP contribution in [0.2, 0.25) is 0 Å². The fraction of sp³-hybridized carbons (Fsp3) is 0.0714. The van der Waals surface area contributed by atoms with Crippen molar-refractivity contribution in [2.75, 3.05) is 12.8 Å². The summed E-state index contributed by atoms with van der Waals surface area (Å²) in [6, 6.07) is 7.46. The number of imidazole rings is 1. The van der Waals surface area contributed by atoms with Gasteiger partial charge in [0.15, 0.2) is 0 Å². The molecule has 20 heavy (non-hydrogen) atoms. The van der Waals surface area contributed by atoms with Crippen molar-refractivity contribution >= 4 is 5.82 Å². The fourth-order valence-corrected chi connectivity index (χ4v) is 1.97. The number of ether oxygens (including phenoxy) is 1. The van der Waals surface area contributed by atoms with E-state index in [2.05, 4.69) is 15.0 Å². The molecule has 0 atom stereocenters. The van der Waals surface area contributed by atoms with Gasteiger partial charge in [-0.1, -0.05) is 0 Å². The van der Waals surface area contributed by atoms with Gasteiger partial charge in [0.05, 0.1) is 37.2 Å². The van der Waals surface area contributed by atoms with Crippen molar-refractivity contribution in [1.82, 2.24) is 19.5 Å². The molecule has 6 heteroatoms. The number of nitrogen functional groups attached to an aromatic ring is 1. The zero-order valence-corrected chi connectivity index (χ0v) is 10.9. The molecule has 2 N–H and O–H groups in total. The lowest BCUT2D eigenvalue weighted by atomic mass is 10.2. The number of anilines is 1. The van der Waals surface area contributed by atoms with Crippen LogP contribution in [0.15, 0.2) is 49.2 Å². The maximum atomic E-state index is 5.92. The summed E-state index contributed by atoms with van der Waals surface area (Å²) < 4.78 is 6.96. The highest BCUT2D eigenvalue weighted by molar-refractivity contribution is 5.71. The van der Waals surface area contributed by atoms with Crippen LogP contribution in [0, 0.1) is 0 Å². The van der Waals surface area contributed by atoms with Crippen molar-refractivity contribution in [2.24, 2.45) is 0 Å². The summed E-state index contributed by atoms with van der Waals surface area (Å²) in [5.74, 6) is 1.03. The number of hydrogen-bond acceptors (Lipinski definition) is 5. The van der Waals surface area contributed by atoms with Crippen molar-refractivity contribution in [1.29, 1.82) is 0 Å². The molecule has 0 saturated heterocycles. The predicted molar refractivity (Wildman–Crippen MR) is 75.6 cm³/mol. The first kappa shape index (κ1) is 12.2. The third-order valence-electron chi connectivity index (χ3n) is 2.96. The molecule has 0 saturated carbocycles. The van der Waals surface area contributed by atoms with Gasteiger partial charge >= 0.3 is 0 Å². The van der Waals surface area contributed by atoms with Gasteiger partial charge in [-0.15, -0.1) is 0 Å². The first-order valence-corrected chi connectivity index (χ1v) is 6.03. The van der Waals surface area contributed by atoms with E-state index in [4.69, 9.17) is 10.5 Å². The predicted octanol–water partition coefficient (Wildman–Crippen LogP) is 1.92. The van der Waals surface area contributed by atoms with Crippen molar-refractivity contribution in [3.8, 4) is 22.8 Å². The molecule has 3 rings (SSSR count). The van der Waals surface area contributed by atoms with Crippen molar-refractivity contribution in [3.63, 3.8) is 0 Å². The Morgan fingerprint density at radius 2 is 2.05 bits per heavy atom. The van der Waals surface area contributed by atoms with E-state index < -0.39 is 0 Å². The maximum absolute atomic E-state index is 5.92. The van der Waals surface area contributed by atoms with Crippen LogP contribution in [-0.2, 0) is 0 Å². The average Bonchev–Trinajstić information content (AvgIpc) is 2.97. The Labute approximate surface area is 115 Å². The fourth-order valence-electron chi connectivity index (χ4n) is 1.97. The van der Waals surface area contributed by atoms with Crippen molar-refractivity contribution in [2.45, 2.75) is 0 Å². The van der Waals surface area contributed by atoms with E-state index >= 15 is 0 Å². The van der Waals surface area contributed by atoms with Gasteiger partial charge in [-0.2, -0.15) is 0 Å². The Bertz CT molecular complexity index is 720. The summed E-state index contributed by atoms with van der Waals surface area (Å²) in [5.41, 5.74) is 8.49. The average molecular weight is 267 g/mol. The van der Waals surface area contributed by atoms with Crippen LogP contribution in [0.25, 0.3) is 16.9 Å². The third-order valence-corrected chi connectivity index (χ3v) is 2.96. The summed E-state index contributed by atoms with van der Waals surface area (Å²) in [7, 11) is 1.58. The van der Waals surface area contributed by atoms with Gasteiger partial charge in [-0.25, -0.2) is 15.0 Å². The van der Waals surface area contributed by atoms with E-state index in [0.717, 1.165) is 16.9 Å². The van der Waals surface area contributed by atoms with E-state index in [1.54, 1.807) is 38.1 Å². The monoisotopic (exact) mass is 267 g/mol. The number of aromatic nitrogens is 4. The second-order valence-corrected chi connectivity index (χ2v) is 4.14. The third kappa shape index (κ3) is 2.07. The lowest BCUT2D eigenvalue weighted by Gasteiger charge is -2.09. The first-order valence-electron chi connectivity index (χ1n) is 6.03. The Morgan fingerprint density at radius 1 is 1.15 bits per heavy atom.